The summed E-state index contributed by atoms with van der Waals surface area (Å²) in [6.07, 6.45) is 0.261. The van der Waals surface area contributed by atoms with Gasteiger partial charge in [0.2, 0.25) is 10.9 Å². The first-order valence-corrected chi connectivity index (χ1v) is 7.87. The van der Waals surface area contributed by atoms with E-state index in [0.717, 1.165) is 0 Å². The Morgan fingerprint density at radius 2 is 1.83 bits per heavy atom. The zero-order valence-electron chi connectivity index (χ0n) is 11.5. The minimum atomic E-state index is -2.80. The molecule has 0 aliphatic heterocycles. The predicted octanol–water partition coefficient (Wildman–Crippen LogP) is 2.46. The zero-order valence-corrected chi connectivity index (χ0v) is 13.2. The van der Waals surface area contributed by atoms with Crippen LogP contribution in [-0.4, -0.2) is 19.6 Å². The number of halogens is 1. The number of anilines is 1. The molecule has 0 heterocycles. The molecule has 2 aromatic rings. The minimum Gasteiger partial charge on any atom is -0.295 e. The molecule has 0 amide bonds. The van der Waals surface area contributed by atoms with Gasteiger partial charge in [0.05, 0.1) is 0 Å². The first-order chi connectivity index (χ1) is 10.9. The van der Waals surface area contributed by atoms with E-state index in [1.165, 1.54) is 24.3 Å². The second-order valence-corrected chi connectivity index (χ2v) is 5.70. The van der Waals surface area contributed by atoms with Crippen molar-refractivity contribution in [1.29, 1.82) is 0 Å². The Labute approximate surface area is 138 Å². The highest BCUT2D eigenvalue weighted by molar-refractivity contribution is 7.73. The van der Waals surface area contributed by atoms with Crippen LogP contribution in [0, 0.1) is 10.1 Å². The van der Waals surface area contributed by atoms with E-state index in [4.69, 9.17) is 11.6 Å². The predicted molar refractivity (Wildman–Crippen MR) is 86.6 cm³/mol. The van der Waals surface area contributed by atoms with E-state index in [1.807, 2.05) is 0 Å². The number of benzene rings is 2. The molecule has 0 fully saturated rings. The van der Waals surface area contributed by atoms with E-state index < -0.39 is 21.9 Å². The number of nitrogens with one attached hydrogen (secondary N) is 1. The smallest absolute Gasteiger partial charge is 0.292 e. The summed E-state index contributed by atoms with van der Waals surface area (Å²) in [6, 6.07) is 9.26. The highest BCUT2D eigenvalue weighted by atomic mass is 35.5. The number of thiol groups is 1. The van der Waals surface area contributed by atoms with E-state index in [0.29, 0.717) is 21.8 Å². The Kier molecular flexibility index (Phi) is 5.30. The SMILES string of the molecule is O=CC(c1ccc(-c2cc(N[SH](=O)=O)ccc2Cl)cc1)[N+](=O)[O-]. The first kappa shape index (κ1) is 16.9. The highest BCUT2D eigenvalue weighted by Crippen LogP contribution is 2.31. The first-order valence-electron chi connectivity index (χ1n) is 6.32. The summed E-state index contributed by atoms with van der Waals surface area (Å²) in [4.78, 5) is 20.9. The molecular weight excluding hydrogens is 344 g/mol. The van der Waals surface area contributed by atoms with Crippen LogP contribution in [0.5, 0.6) is 0 Å². The number of carbonyl (C=O) groups excluding carboxylic acids is 1. The summed E-state index contributed by atoms with van der Waals surface area (Å²) < 4.78 is 23.7. The third-order valence-corrected chi connectivity index (χ3v) is 3.88. The fourth-order valence-electron chi connectivity index (χ4n) is 2.03. The Morgan fingerprint density at radius 1 is 1.17 bits per heavy atom. The van der Waals surface area contributed by atoms with Gasteiger partial charge in [0.1, 0.15) is 0 Å². The van der Waals surface area contributed by atoms with Gasteiger partial charge in [0, 0.05) is 26.8 Å². The van der Waals surface area contributed by atoms with Crippen molar-refractivity contribution in [2.75, 3.05) is 4.72 Å². The molecule has 0 radical (unpaired) electrons. The van der Waals surface area contributed by atoms with Gasteiger partial charge in [0.15, 0.2) is 6.29 Å². The molecule has 2 aromatic carbocycles. The molecule has 0 spiro atoms. The lowest BCUT2D eigenvalue weighted by Gasteiger charge is -2.09. The van der Waals surface area contributed by atoms with Gasteiger partial charge in [-0.3, -0.25) is 19.6 Å². The molecule has 9 heteroatoms. The third-order valence-electron chi connectivity index (χ3n) is 3.11. The molecule has 0 bridgehead atoms. The molecule has 1 unspecified atom stereocenters. The van der Waals surface area contributed by atoms with Gasteiger partial charge >= 0.3 is 0 Å². The Hall–Kier alpha value is -2.45. The molecule has 7 nitrogen and oxygen atoms in total. The van der Waals surface area contributed by atoms with Crippen molar-refractivity contribution in [2.24, 2.45) is 0 Å². The topological polar surface area (TPSA) is 106 Å². The lowest BCUT2D eigenvalue weighted by Crippen LogP contribution is -2.11. The van der Waals surface area contributed by atoms with Crippen molar-refractivity contribution in [2.45, 2.75) is 6.04 Å². The molecule has 0 aromatic heterocycles. The minimum absolute atomic E-state index is 0.252. The van der Waals surface area contributed by atoms with Crippen LogP contribution < -0.4 is 4.72 Å². The van der Waals surface area contributed by atoms with Crippen LogP contribution in [-0.2, 0) is 15.7 Å². The van der Waals surface area contributed by atoms with Crippen LogP contribution in [0.15, 0.2) is 42.5 Å². The van der Waals surface area contributed by atoms with E-state index in [1.54, 1.807) is 18.2 Å². The second-order valence-electron chi connectivity index (χ2n) is 4.55. The average Bonchev–Trinajstić information content (AvgIpc) is 2.50. The molecule has 0 saturated carbocycles. The van der Waals surface area contributed by atoms with Crippen LogP contribution in [0.2, 0.25) is 5.02 Å². The van der Waals surface area contributed by atoms with Gasteiger partial charge in [-0.05, 0) is 23.8 Å². The van der Waals surface area contributed by atoms with Crippen molar-refractivity contribution in [3.63, 3.8) is 0 Å². The highest BCUT2D eigenvalue weighted by Gasteiger charge is 2.21. The maximum atomic E-state index is 10.8. The maximum Gasteiger partial charge on any atom is 0.292 e. The van der Waals surface area contributed by atoms with Gasteiger partial charge < -0.3 is 0 Å². The summed E-state index contributed by atoms with van der Waals surface area (Å²) in [6.45, 7) is 0. The van der Waals surface area contributed by atoms with Crippen LogP contribution in [0.25, 0.3) is 11.1 Å². The molecule has 0 saturated heterocycles. The summed E-state index contributed by atoms with van der Waals surface area (Å²) in [7, 11) is -2.80. The fraction of sp³-hybridized carbons (Fsp3) is 0.0714. The number of nitro groups is 1. The van der Waals surface area contributed by atoms with Gasteiger partial charge in [-0.2, -0.15) is 0 Å². The molecule has 1 atom stereocenters. The van der Waals surface area contributed by atoms with Crippen LogP contribution in [0.3, 0.4) is 0 Å². The Morgan fingerprint density at radius 3 is 2.35 bits per heavy atom. The molecule has 120 valence electrons. The number of nitrogens with zero attached hydrogens (tertiary/aromatic N) is 1. The van der Waals surface area contributed by atoms with Crippen molar-refractivity contribution in [3.8, 4) is 11.1 Å². The number of hydrogen-bond donors (Lipinski definition) is 2. The number of hydrogen-bond acceptors (Lipinski definition) is 5. The molecule has 23 heavy (non-hydrogen) atoms. The van der Waals surface area contributed by atoms with E-state index >= 15 is 0 Å². The van der Waals surface area contributed by atoms with Gasteiger partial charge in [-0.15, -0.1) is 0 Å². The molecule has 2 rings (SSSR count). The largest absolute Gasteiger partial charge is 0.295 e. The average molecular weight is 355 g/mol. The maximum absolute atomic E-state index is 10.8. The molecular formula is C14H11ClN2O5S. The standard InChI is InChI=1S/C14H11ClN2O5S/c15-13-6-5-11(16-23(21)22)7-12(13)9-1-3-10(4-2-9)14(8-18)17(19)20/h1-8,14,23H,(H,16,21,22). The van der Waals surface area contributed by atoms with Crippen molar-refractivity contribution in [1.82, 2.24) is 0 Å². The summed E-state index contributed by atoms with van der Waals surface area (Å²) >= 11 is 6.10. The Balaban J connectivity index is 2.39. The molecule has 1 N–H and O–H groups in total. The fourth-order valence-corrected chi connectivity index (χ4v) is 2.61. The van der Waals surface area contributed by atoms with Crippen LogP contribution >= 0.6 is 11.6 Å². The van der Waals surface area contributed by atoms with E-state index in [2.05, 4.69) is 4.72 Å². The van der Waals surface area contributed by atoms with Crippen LogP contribution in [0.4, 0.5) is 5.69 Å². The monoisotopic (exact) mass is 354 g/mol. The van der Waals surface area contributed by atoms with Gasteiger partial charge in [-0.25, -0.2) is 8.42 Å². The summed E-state index contributed by atoms with van der Waals surface area (Å²) in [5, 5.41) is 11.2. The number of aldehydes is 1. The summed E-state index contributed by atoms with van der Waals surface area (Å²) in [5.74, 6) is 0. The Bertz CT molecular complexity index is 812. The molecule has 0 aliphatic rings. The second kappa shape index (κ2) is 7.21. The van der Waals surface area contributed by atoms with Crippen molar-refractivity contribution in [3.05, 3.63) is 63.2 Å². The molecule has 0 aliphatic carbocycles. The van der Waals surface area contributed by atoms with E-state index in [-0.39, 0.29) is 11.8 Å². The van der Waals surface area contributed by atoms with E-state index in [9.17, 15) is 23.3 Å². The van der Waals surface area contributed by atoms with Crippen molar-refractivity contribution < 1.29 is 18.1 Å². The lowest BCUT2D eigenvalue weighted by atomic mass is 10.0. The summed E-state index contributed by atoms with van der Waals surface area (Å²) in [5.41, 5.74) is 1.79. The van der Waals surface area contributed by atoms with Gasteiger partial charge in [0.25, 0.3) is 6.04 Å². The normalized spacial score (nSPS) is 11.9. The van der Waals surface area contributed by atoms with Gasteiger partial charge in [-0.1, -0.05) is 35.9 Å². The quantitative estimate of drug-likeness (QED) is 0.358. The number of rotatable bonds is 6. The van der Waals surface area contributed by atoms with Crippen LogP contribution in [0.1, 0.15) is 11.6 Å². The third kappa shape index (κ3) is 4.05. The lowest BCUT2D eigenvalue weighted by molar-refractivity contribution is -0.511. The zero-order chi connectivity index (χ0) is 17.0. The van der Waals surface area contributed by atoms with Crippen molar-refractivity contribution >= 4 is 34.5 Å². The number of carbonyl (C=O) groups is 1.